The lowest BCUT2D eigenvalue weighted by molar-refractivity contribution is 0.102. The van der Waals surface area contributed by atoms with Gasteiger partial charge in [0.1, 0.15) is 15.9 Å². The van der Waals surface area contributed by atoms with Crippen molar-refractivity contribution in [3.8, 4) is 16.9 Å². The molecule has 1 amide bonds. The summed E-state index contributed by atoms with van der Waals surface area (Å²) in [6.45, 7) is 1.86. The molecule has 0 atom stereocenters. The summed E-state index contributed by atoms with van der Waals surface area (Å²) in [6.07, 6.45) is 7.75. The summed E-state index contributed by atoms with van der Waals surface area (Å²) in [7, 11) is 1.55. The van der Waals surface area contributed by atoms with Crippen molar-refractivity contribution in [1.82, 2.24) is 20.2 Å². The van der Waals surface area contributed by atoms with Crippen LogP contribution in [0.1, 0.15) is 40.3 Å². The fourth-order valence-corrected chi connectivity index (χ4v) is 3.97. The predicted octanol–water partition coefficient (Wildman–Crippen LogP) is 4.56. The van der Waals surface area contributed by atoms with E-state index in [9.17, 15) is 4.79 Å². The smallest absolute Gasteiger partial charge is 0.259 e. The molecule has 1 saturated carbocycles. The topological polar surface area (TPSA) is 89.9 Å². The normalized spacial score (nSPS) is 13.3. The Bertz CT molecular complexity index is 1050. The molecule has 0 aliphatic heterocycles. The van der Waals surface area contributed by atoms with Crippen molar-refractivity contribution in [3.05, 3.63) is 45.9 Å². The van der Waals surface area contributed by atoms with Crippen molar-refractivity contribution >= 4 is 34.0 Å². The van der Waals surface area contributed by atoms with Crippen LogP contribution in [0.3, 0.4) is 0 Å². The fourth-order valence-electron chi connectivity index (χ4n) is 3.06. The number of hydrogen-bond donors (Lipinski definition) is 1. The third-order valence-electron chi connectivity index (χ3n) is 4.78. The molecule has 9 heteroatoms. The van der Waals surface area contributed by atoms with Gasteiger partial charge in [-0.2, -0.15) is 0 Å². The Morgan fingerprint density at radius 2 is 2.07 bits per heavy atom. The van der Waals surface area contributed by atoms with Gasteiger partial charge in [-0.15, -0.1) is 10.2 Å². The third-order valence-corrected chi connectivity index (χ3v) is 5.89. The van der Waals surface area contributed by atoms with Crippen LogP contribution in [0.5, 0.6) is 5.75 Å². The second kappa shape index (κ2) is 8.42. The van der Waals surface area contributed by atoms with Crippen LogP contribution in [0, 0.1) is 12.8 Å². The Morgan fingerprint density at radius 1 is 1.24 bits per heavy atom. The number of ether oxygens (including phenoxy) is 1. The zero-order chi connectivity index (χ0) is 20.4. The van der Waals surface area contributed by atoms with Gasteiger partial charge < -0.3 is 4.74 Å². The van der Waals surface area contributed by atoms with E-state index in [1.54, 1.807) is 19.4 Å². The van der Waals surface area contributed by atoms with Crippen LogP contribution < -0.4 is 10.1 Å². The maximum Gasteiger partial charge on any atom is 0.259 e. The average molecular weight is 430 g/mol. The van der Waals surface area contributed by atoms with Crippen LogP contribution in [0.2, 0.25) is 5.15 Å². The third kappa shape index (κ3) is 4.71. The van der Waals surface area contributed by atoms with Gasteiger partial charge in [0.15, 0.2) is 0 Å². The minimum Gasteiger partial charge on any atom is -0.494 e. The summed E-state index contributed by atoms with van der Waals surface area (Å²) in [5.41, 5.74) is 2.50. The van der Waals surface area contributed by atoms with Crippen molar-refractivity contribution in [2.75, 3.05) is 12.4 Å². The van der Waals surface area contributed by atoms with Gasteiger partial charge in [0, 0.05) is 29.4 Å². The molecule has 1 aliphatic rings. The van der Waals surface area contributed by atoms with Gasteiger partial charge >= 0.3 is 0 Å². The summed E-state index contributed by atoms with van der Waals surface area (Å²) in [6, 6.07) is 3.50. The number of aryl methyl sites for hydroxylation is 2. The van der Waals surface area contributed by atoms with Gasteiger partial charge in [-0.25, -0.2) is 4.98 Å². The van der Waals surface area contributed by atoms with Gasteiger partial charge in [-0.05, 0) is 31.4 Å². The van der Waals surface area contributed by atoms with E-state index in [0.29, 0.717) is 32.7 Å². The molecule has 1 aliphatic carbocycles. The number of carbonyl (C=O) groups is 1. The quantitative estimate of drug-likeness (QED) is 0.553. The Balaban J connectivity index is 1.60. The van der Waals surface area contributed by atoms with E-state index < -0.39 is 0 Å². The molecule has 0 unspecified atom stereocenters. The molecular formula is C20H20ClN5O2S. The highest BCUT2D eigenvalue weighted by Gasteiger charge is 2.22. The van der Waals surface area contributed by atoms with E-state index in [1.807, 2.05) is 13.0 Å². The molecule has 1 fully saturated rings. The molecule has 3 aromatic heterocycles. The Labute approximate surface area is 177 Å². The van der Waals surface area contributed by atoms with Gasteiger partial charge in [-0.1, -0.05) is 35.8 Å². The molecule has 1 N–H and O–H groups in total. The molecular weight excluding hydrogens is 410 g/mol. The lowest BCUT2D eigenvalue weighted by atomic mass is 10.0. The summed E-state index contributed by atoms with van der Waals surface area (Å²) < 4.78 is 5.41. The molecule has 4 rings (SSSR count). The Hall–Kier alpha value is -2.58. The number of nitrogens with zero attached hydrogens (tertiary/aromatic N) is 4. The van der Waals surface area contributed by atoms with E-state index in [1.165, 1.54) is 30.4 Å². The highest BCUT2D eigenvalue weighted by molar-refractivity contribution is 7.15. The van der Waals surface area contributed by atoms with Crippen LogP contribution in [-0.2, 0) is 6.42 Å². The van der Waals surface area contributed by atoms with Crippen molar-refractivity contribution < 1.29 is 9.53 Å². The maximum absolute atomic E-state index is 13.0. The number of methoxy groups -OCH3 is 1. The van der Waals surface area contributed by atoms with Crippen LogP contribution in [0.4, 0.5) is 5.13 Å². The number of aromatic nitrogens is 4. The minimum absolute atomic E-state index is 0.311. The lowest BCUT2D eigenvalue weighted by Crippen LogP contribution is -2.14. The number of rotatable bonds is 7. The SMILES string of the molecule is COc1cnc(Cl)cc1-c1cc(C)ncc1C(=O)Nc1nnc(CCC2CC2)s1. The number of amides is 1. The highest BCUT2D eigenvalue weighted by atomic mass is 35.5. The van der Waals surface area contributed by atoms with E-state index >= 15 is 0 Å². The van der Waals surface area contributed by atoms with Gasteiger partial charge in [0.05, 0.1) is 18.9 Å². The fraction of sp³-hybridized carbons (Fsp3) is 0.350. The van der Waals surface area contributed by atoms with E-state index in [4.69, 9.17) is 16.3 Å². The second-order valence-electron chi connectivity index (χ2n) is 7.02. The zero-order valence-corrected chi connectivity index (χ0v) is 17.7. The number of pyridine rings is 2. The first-order valence-electron chi connectivity index (χ1n) is 9.33. The molecule has 3 aromatic rings. The first-order valence-corrected chi connectivity index (χ1v) is 10.5. The van der Waals surface area contributed by atoms with Crippen molar-refractivity contribution in [2.45, 2.75) is 32.6 Å². The number of hydrogen-bond acceptors (Lipinski definition) is 7. The van der Waals surface area contributed by atoms with E-state index in [0.717, 1.165) is 29.5 Å². The van der Waals surface area contributed by atoms with Crippen LogP contribution in [0.25, 0.3) is 11.1 Å². The summed E-state index contributed by atoms with van der Waals surface area (Å²) in [4.78, 5) is 21.3. The highest BCUT2D eigenvalue weighted by Crippen LogP contribution is 2.35. The van der Waals surface area contributed by atoms with Crippen LogP contribution >= 0.6 is 22.9 Å². The minimum atomic E-state index is -0.313. The van der Waals surface area contributed by atoms with E-state index in [-0.39, 0.29) is 5.91 Å². The van der Waals surface area contributed by atoms with Gasteiger partial charge in [0.2, 0.25) is 5.13 Å². The van der Waals surface area contributed by atoms with Crippen molar-refractivity contribution in [1.29, 1.82) is 0 Å². The van der Waals surface area contributed by atoms with Crippen LogP contribution in [0.15, 0.2) is 24.5 Å². The molecule has 7 nitrogen and oxygen atoms in total. The number of carbonyl (C=O) groups excluding carboxylic acids is 1. The summed E-state index contributed by atoms with van der Waals surface area (Å²) in [5.74, 6) is 1.04. The standard InChI is InChI=1S/C20H20ClN5O2S/c1-11-7-13(14-8-17(21)23-10-16(14)28-2)15(9-22-11)19(27)24-20-26-25-18(29-20)6-5-12-3-4-12/h7-10,12H,3-6H2,1-2H3,(H,24,26,27). The average Bonchev–Trinajstić information content (AvgIpc) is 3.44. The molecule has 0 bridgehead atoms. The second-order valence-corrected chi connectivity index (χ2v) is 8.47. The first-order chi connectivity index (χ1) is 14.0. The van der Waals surface area contributed by atoms with Crippen molar-refractivity contribution in [2.24, 2.45) is 5.92 Å². The Kier molecular flexibility index (Phi) is 5.73. The number of nitrogens with one attached hydrogen (secondary N) is 1. The largest absolute Gasteiger partial charge is 0.494 e. The monoisotopic (exact) mass is 429 g/mol. The molecule has 0 radical (unpaired) electrons. The van der Waals surface area contributed by atoms with Gasteiger partial charge in [-0.3, -0.25) is 15.1 Å². The lowest BCUT2D eigenvalue weighted by Gasteiger charge is -2.13. The summed E-state index contributed by atoms with van der Waals surface area (Å²) in [5, 5.41) is 12.9. The molecule has 0 spiro atoms. The number of halogens is 1. The number of anilines is 1. The maximum atomic E-state index is 13.0. The first kappa shape index (κ1) is 19.7. The predicted molar refractivity (Wildman–Crippen MR) is 113 cm³/mol. The molecule has 29 heavy (non-hydrogen) atoms. The molecule has 0 saturated heterocycles. The van der Waals surface area contributed by atoms with Crippen LogP contribution in [-0.4, -0.2) is 33.2 Å². The summed E-state index contributed by atoms with van der Waals surface area (Å²) >= 11 is 7.49. The molecule has 0 aromatic carbocycles. The van der Waals surface area contributed by atoms with Gasteiger partial charge in [0.25, 0.3) is 5.91 Å². The zero-order valence-electron chi connectivity index (χ0n) is 16.1. The van der Waals surface area contributed by atoms with Crippen molar-refractivity contribution in [3.63, 3.8) is 0 Å². The molecule has 150 valence electrons. The molecule has 3 heterocycles. The van der Waals surface area contributed by atoms with E-state index in [2.05, 4.69) is 25.5 Å². The Morgan fingerprint density at radius 3 is 2.83 bits per heavy atom.